The molecule has 0 saturated heterocycles. The molecule has 4 heteroatoms. The highest BCUT2D eigenvalue weighted by atomic mass is 32.1. The predicted molar refractivity (Wildman–Crippen MR) is 86.0 cm³/mol. The first-order valence-electron chi connectivity index (χ1n) is 6.87. The Balaban J connectivity index is 2.33. The third kappa shape index (κ3) is 6.43. The van der Waals surface area contributed by atoms with Gasteiger partial charge in [-0.1, -0.05) is 26.2 Å². The lowest BCUT2D eigenvalue weighted by Crippen LogP contribution is -2.35. The lowest BCUT2D eigenvalue weighted by atomic mass is 10.1. The molecule has 106 valence electrons. The van der Waals surface area contributed by atoms with Crippen molar-refractivity contribution in [2.24, 2.45) is 0 Å². The molecule has 0 spiro atoms. The summed E-state index contributed by atoms with van der Waals surface area (Å²) >= 11 is 5.30. The van der Waals surface area contributed by atoms with E-state index in [0.29, 0.717) is 11.2 Å². The maximum absolute atomic E-state index is 5.30. The standard InChI is InChI=1S/C15H24N2OS/c1-4-5-6-7-12(2)16-15(19)17-13-8-10-14(18-3)11-9-13/h8-12H,4-7H2,1-3H3,(H2,16,17,19)/t12-/m1/s1. The first kappa shape index (κ1) is 15.8. The molecular weight excluding hydrogens is 256 g/mol. The summed E-state index contributed by atoms with van der Waals surface area (Å²) in [6.45, 7) is 4.38. The average Bonchev–Trinajstić information content (AvgIpc) is 2.39. The average molecular weight is 280 g/mol. The normalized spacial score (nSPS) is 11.7. The van der Waals surface area contributed by atoms with Gasteiger partial charge in [-0.2, -0.15) is 0 Å². The highest BCUT2D eigenvalue weighted by Crippen LogP contribution is 2.14. The second-order valence-corrected chi connectivity index (χ2v) is 5.13. The van der Waals surface area contributed by atoms with Gasteiger partial charge in [-0.05, 0) is 49.8 Å². The van der Waals surface area contributed by atoms with Gasteiger partial charge in [-0.25, -0.2) is 0 Å². The summed E-state index contributed by atoms with van der Waals surface area (Å²) in [5.41, 5.74) is 0.971. The summed E-state index contributed by atoms with van der Waals surface area (Å²) in [5, 5.41) is 7.16. The highest BCUT2D eigenvalue weighted by Gasteiger charge is 2.04. The Hall–Kier alpha value is -1.29. The van der Waals surface area contributed by atoms with Crippen molar-refractivity contribution >= 4 is 23.0 Å². The fourth-order valence-electron chi connectivity index (χ4n) is 1.84. The van der Waals surface area contributed by atoms with Crippen molar-refractivity contribution in [2.45, 2.75) is 45.6 Å². The van der Waals surface area contributed by atoms with Crippen LogP contribution in [-0.4, -0.2) is 18.3 Å². The van der Waals surface area contributed by atoms with Crippen molar-refractivity contribution in [3.8, 4) is 5.75 Å². The van der Waals surface area contributed by atoms with E-state index in [1.54, 1.807) is 7.11 Å². The van der Waals surface area contributed by atoms with Crippen molar-refractivity contribution in [2.75, 3.05) is 12.4 Å². The SMILES string of the molecule is CCCCC[C@@H](C)NC(=S)Nc1ccc(OC)cc1. The van der Waals surface area contributed by atoms with Gasteiger partial charge >= 0.3 is 0 Å². The zero-order chi connectivity index (χ0) is 14.1. The first-order valence-corrected chi connectivity index (χ1v) is 7.28. The fraction of sp³-hybridized carbons (Fsp3) is 0.533. The molecule has 0 aliphatic carbocycles. The van der Waals surface area contributed by atoms with E-state index in [2.05, 4.69) is 24.5 Å². The van der Waals surface area contributed by atoms with Gasteiger partial charge in [0.05, 0.1) is 7.11 Å². The molecule has 0 radical (unpaired) electrons. The third-order valence-electron chi connectivity index (χ3n) is 2.97. The first-order chi connectivity index (χ1) is 9.15. The smallest absolute Gasteiger partial charge is 0.170 e. The summed E-state index contributed by atoms with van der Waals surface area (Å²) < 4.78 is 5.12. The summed E-state index contributed by atoms with van der Waals surface area (Å²) in [4.78, 5) is 0. The molecule has 19 heavy (non-hydrogen) atoms. The summed E-state index contributed by atoms with van der Waals surface area (Å²) in [5.74, 6) is 0.845. The van der Waals surface area contributed by atoms with Crippen LogP contribution in [0.5, 0.6) is 5.75 Å². The number of unbranched alkanes of at least 4 members (excludes halogenated alkanes) is 2. The van der Waals surface area contributed by atoms with Crippen LogP contribution in [0.15, 0.2) is 24.3 Å². The number of benzene rings is 1. The lowest BCUT2D eigenvalue weighted by Gasteiger charge is -2.17. The number of anilines is 1. The Labute approximate surface area is 121 Å². The Morgan fingerprint density at radius 2 is 1.95 bits per heavy atom. The molecule has 2 N–H and O–H groups in total. The summed E-state index contributed by atoms with van der Waals surface area (Å²) in [6.07, 6.45) is 4.93. The second kappa shape index (κ2) is 8.75. The Bertz CT molecular complexity index is 378. The van der Waals surface area contributed by atoms with E-state index in [0.717, 1.165) is 17.9 Å². The van der Waals surface area contributed by atoms with Crippen LogP contribution >= 0.6 is 12.2 Å². The number of rotatable bonds is 7. The second-order valence-electron chi connectivity index (χ2n) is 4.72. The number of methoxy groups -OCH3 is 1. The van der Waals surface area contributed by atoms with Gasteiger partial charge in [0.25, 0.3) is 0 Å². The van der Waals surface area contributed by atoms with Gasteiger partial charge in [0.15, 0.2) is 5.11 Å². The quantitative estimate of drug-likeness (QED) is 0.585. The Kier molecular flexibility index (Phi) is 7.26. The third-order valence-corrected chi connectivity index (χ3v) is 3.19. The van der Waals surface area contributed by atoms with E-state index in [1.165, 1.54) is 19.3 Å². The molecule has 1 aromatic rings. The molecule has 0 aliphatic rings. The topological polar surface area (TPSA) is 33.3 Å². The molecule has 0 aromatic heterocycles. The minimum Gasteiger partial charge on any atom is -0.497 e. The van der Waals surface area contributed by atoms with Crippen molar-refractivity contribution < 1.29 is 4.74 Å². The summed E-state index contributed by atoms with van der Waals surface area (Å²) in [6, 6.07) is 8.14. The van der Waals surface area contributed by atoms with Crippen LogP contribution in [-0.2, 0) is 0 Å². The molecule has 3 nitrogen and oxygen atoms in total. The molecule has 0 heterocycles. The number of thiocarbonyl (C=S) groups is 1. The van der Waals surface area contributed by atoms with Crippen molar-refractivity contribution in [1.29, 1.82) is 0 Å². The number of hydrogen-bond donors (Lipinski definition) is 2. The van der Waals surface area contributed by atoms with Crippen LogP contribution in [0.1, 0.15) is 39.5 Å². The molecule has 0 fully saturated rings. The van der Waals surface area contributed by atoms with Gasteiger partial charge in [-0.15, -0.1) is 0 Å². The largest absolute Gasteiger partial charge is 0.497 e. The van der Waals surface area contributed by atoms with Crippen LogP contribution in [0.25, 0.3) is 0 Å². The van der Waals surface area contributed by atoms with Crippen LogP contribution in [0.2, 0.25) is 0 Å². The molecule has 0 unspecified atom stereocenters. The van der Waals surface area contributed by atoms with Crippen LogP contribution in [0.4, 0.5) is 5.69 Å². The van der Waals surface area contributed by atoms with Crippen LogP contribution in [0.3, 0.4) is 0 Å². The number of nitrogens with one attached hydrogen (secondary N) is 2. The van der Waals surface area contributed by atoms with Crippen LogP contribution in [0, 0.1) is 0 Å². The number of ether oxygens (including phenoxy) is 1. The summed E-state index contributed by atoms with van der Waals surface area (Å²) in [7, 11) is 1.66. The zero-order valence-electron chi connectivity index (χ0n) is 12.0. The Morgan fingerprint density at radius 3 is 2.53 bits per heavy atom. The van der Waals surface area contributed by atoms with Gasteiger partial charge < -0.3 is 15.4 Å². The van der Waals surface area contributed by atoms with E-state index < -0.39 is 0 Å². The predicted octanol–water partition coefficient (Wildman–Crippen LogP) is 3.95. The zero-order valence-corrected chi connectivity index (χ0v) is 12.8. The minimum atomic E-state index is 0.407. The molecule has 0 bridgehead atoms. The van der Waals surface area contributed by atoms with E-state index in [4.69, 9.17) is 17.0 Å². The lowest BCUT2D eigenvalue weighted by molar-refractivity contribution is 0.415. The van der Waals surface area contributed by atoms with E-state index in [1.807, 2.05) is 24.3 Å². The Morgan fingerprint density at radius 1 is 1.26 bits per heavy atom. The maximum atomic E-state index is 5.30. The molecule has 0 aliphatic heterocycles. The monoisotopic (exact) mass is 280 g/mol. The number of hydrogen-bond acceptors (Lipinski definition) is 2. The fourth-order valence-corrected chi connectivity index (χ4v) is 2.16. The molecule has 1 rings (SSSR count). The van der Waals surface area contributed by atoms with Gasteiger partial charge in [-0.3, -0.25) is 0 Å². The minimum absolute atomic E-state index is 0.407. The highest BCUT2D eigenvalue weighted by molar-refractivity contribution is 7.80. The van der Waals surface area contributed by atoms with Crippen LogP contribution < -0.4 is 15.4 Å². The molecule has 1 aromatic carbocycles. The van der Waals surface area contributed by atoms with Gasteiger partial charge in [0.2, 0.25) is 0 Å². The van der Waals surface area contributed by atoms with Gasteiger partial charge in [0, 0.05) is 11.7 Å². The van der Waals surface area contributed by atoms with E-state index in [9.17, 15) is 0 Å². The van der Waals surface area contributed by atoms with Crippen molar-refractivity contribution in [1.82, 2.24) is 5.32 Å². The van der Waals surface area contributed by atoms with Crippen molar-refractivity contribution in [3.05, 3.63) is 24.3 Å². The maximum Gasteiger partial charge on any atom is 0.170 e. The molecule has 0 amide bonds. The van der Waals surface area contributed by atoms with E-state index >= 15 is 0 Å². The molecule has 0 saturated carbocycles. The van der Waals surface area contributed by atoms with Gasteiger partial charge in [0.1, 0.15) is 5.75 Å². The molecule has 1 atom stereocenters. The molecular formula is C15H24N2OS. The van der Waals surface area contributed by atoms with E-state index in [-0.39, 0.29) is 0 Å². The van der Waals surface area contributed by atoms with Crippen molar-refractivity contribution in [3.63, 3.8) is 0 Å².